The monoisotopic (exact) mass is 372 g/mol. The summed E-state index contributed by atoms with van der Waals surface area (Å²) in [5.41, 5.74) is 0.826. The number of likely N-dealkylation sites (tertiary alicyclic amines) is 1. The molecule has 2 aromatic rings. The van der Waals surface area contributed by atoms with Crippen LogP contribution in [0.15, 0.2) is 22.6 Å². The fourth-order valence-corrected chi connectivity index (χ4v) is 2.88. The van der Waals surface area contributed by atoms with Gasteiger partial charge in [0.05, 0.1) is 0 Å². The van der Waals surface area contributed by atoms with Crippen LogP contribution in [-0.2, 0) is 4.74 Å². The van der Waals surface area contributed by atoms with Crippen LogP contribution in [0.1, 0.15) is 33.6 Å². The Hall–Kier alpha value is -2.95. The predicted molar refractivity (Wildman–Crippen MR) is 99.6 cm³/mol. The van der Waals surface area contributed by atoms with Crippen LogP contribution in [0.2, 0.25) is 0 Å². The minimum atomic E-state index is -0.486. The minimum absolute atomic E-state index is 0.00924. The van der Waals surface area contributed by atoms with Gasteiger partial charge in [-0.05, 0) is 45.7 Å². The molecule has 0 unspecified atom stereocenters. The van der Waals surface area contributed by atoms with Gasteiger partial charge >= 0.3 is 6.09 Å². The van der Waals surface area contributed by atoms with Gasteiger partial charge in [0.15, 0.2) is 12.2 Å². The molecule has 3 rings (SSSR count). The summed E-state index contributed by atoms with van der Waals surface area (Å²) in [6, 6.07) is 7.80. The van der Waals surface area contributed by atoms with Gasteiger partial charge in [-0.15, -0.1) is 0 Å². The summed E-state index contributed by atoms with van der Waals surface area (Å²) in [5.74, 6) is 0.578. The van der Waals surface area contributed by atoms with Crippen LogP contribution in [0.4, 0.5) is 10.8 Å². The summed E-state index contributed by atoms with van der Waals surface area (Å²) in [6.07, 6.45) is 1.30. The third kappa shape index (κ3) is 5.03. The van der Waals surface area contributed by atoms with Crippen molar-refractivity contribution in [1.29, 1.82) is 5.26 Å². The van der Waals surface area contributed by atoms with Crippen LogP contribution < -0.4 is 10.1 Å². The lowest BCUT2D eigenvalue weighted by atomic mass is 10.1. The van der Waals surface area contributed by atoms with E-state index < -0.39 is 5.60 Å². The molecule has 1 amide bonds. The Morgan fingerprint density at radius 1 is 1.41 bits per heavy atom. The molecule has 1 N–H and O–H groups in total. The summed E-state index contributed by atoms with van der Waals surface area (Å²) >= 11 is 0. The van der Waals surface area contributed by atoms with E-state index in [0.717, 1.165) is 12.8 Å². The second-order valence-electron chi connectivity index (χ2n) is 7.48. The van der Waals surface area contributed by atoms with Crippen molar-refractivity contribution < 1.29 is 18.7 Å². The molecule has 0 saturated carbocycles. The summed E-state index contributed by atoms with van der Waals surface area (Å²) in [4.78, 5) is 18.3. The maximum Gasteiger partial charge on any atom is 0.410 e. The van der Waals surface area contributed by atoms with Crippen molar-refractivity contribution >= 4 is 23.2 Å². The number of carbonyl (C=O) groups is 1. The number of nitriles is 1. The normalized spacial score (nSPS) is 15.4. The van der Waals surface area contributed by atoms with Gasteiger partial charge in [-0.1, -0.05) is 0 Å². The minimum Gasteiger partial charge on any atom is -0.479 e. The first-order chi connectivity index (χ1) is 12.8. The third-order valence-corrected chi connectivity index (χ3v) is 4.14. The zero-order chi connectivity index (χ0) is 19.4. The van der Waals surface area contributed by atoms with Gasteiger partial charge in [0.2, 0.25) is 0 Å². The number of carbonyl (C=O) groups excluding carboxylic acids is 1. The predicted octanol–water partition coefficient (Wildman–Crippen LogP) is 3.54. The number of hydrogen-bond acceptors (Lipinski definition) is 7. The molecule has 0 aliphatic carbocycles. The lowest BCUT2D eigenvalue weighted by Gasteiger charge is -2.33. The zero-order valence-electron chi connectivity index (χ0n) is 15.8. The molecule has 8 nitrogen and oxygen atoms in total. The second-order valence-corrected chi connectivity index (χ2v) is 7.48. The highest BCUT2D eigenvalue weighted by Gasteiger charge is 2.27. The van der Waals surface area contributed by atoms with Crippen LogP contribution in [0.5, 0.6) is 5.75 Å². The van der Waals surface area contributed by atoms with Gasteiger partial charge in [0.1, 0.15) is 22.9 Å². The molecule has 0 atom stereocenters. The van der Waals surface area contributed by atoms with Gasteiger partial charge in [0, 0.05) is 25.2 Å². The number of benzene rings is 1. The van der Waals surface area contributed by atoms with Gasteiger partial charge in [-0.2, -0.15) is 10.2 Å². The third-order valence-electron chi connectivity index (χ3n) is 4.14. The average Bonchev–Trinajstić information content (AvgIpc) is 3.00. The number of nitrogens with one attached hydrogen (secondary N) is 1. The van der Waals surface area contributed by atoms with E-state index in [1.807, 2.05) is 26.8 Å². The Labute approximate surface area is 158 Å². The van der Waals surface area contributed by atoms with Crippen molar-refractivity contribution in [3.8, 4) is 11.8 Å². The van der Waals surface area contributed by atoms with E-state index in [9.17, 15) is 4.79 Å². The molecule has 0 radical (unpaired) electrons. The van der Waals surface area contributed by atoms with Gasteiger partial charge in [0.25, 0.3) is 6.01 Å². The Balaban J connectivity index is 1.56. The Bertz CT molecular complexity index is 841. The number of nitrogens with zero attached hydrogens (tertiary/aromatic N) is 3. The molecule has 27 heavy (non-hydrogen) atoms. The number of hydrogen-bond donors (Lipinski definition) is 1. The molecule has 1 aromatic carbocycles. The first-order valence-corrected chi connectivity index (χ1v) is 8.99. The summed E-state index contributed by atoms with van der Waals surface area (Å²) in [6.45, 7) is 6.83. The number of piperidine rings is 1. The lowest BCUT2D eigenvalue weighted by molar-refractivity contribution is 0.0210. The Morgan fingerprint density at radius 3 is 2.81 bits per heavy atom. The van der Waals surface area contributed by atoms with Crippen LogP contribution in [-0.4, -0.2) is 47.3 Å². The van der Waals surface area contributed by atoms with Crippen LogP contribution >= 0.6 is 0 Å². The summed E-state index contributed by atoms with van der Waals surface area (Å²) in [5, 5.41) is 11.9. The lowest BCUT2D eigenvalue weighted by Crippen LogP contribution is -2.44. The highest BCUT2D eigenvalue weighted by Crippen LogP contribution is 2.25. The topological polar surface area (TPSA) is 101 Å². The van der Waals surface area contributed by atoms with Crippen LogP contribution in [0.25, 0.3) is 11.1 Å². The quantitative estimate of drug-likeness (QED) is 0.876. The van der Waals surface area contributed by atoms with Crippen molar-refractivity contribution in [3.05, 3.63) is 18.2 Å². The fourth-order valence-electron chi connectivity index (χ4n) is 2.88. The summed E-state index contributed by atoms with van der Waals surface area (Å²) in [7, 11) is 0. The van der Waals surface area contributed by atoms with Crippen molar-refractivity contribution in [2.75, 3.05) is 25.0 Å². The second kappa shape index (κ2) is 7.74. The first-order valence-electron chi connectivity index (χ1n) is 8.99. The number of ether oxygens (including phenoxy) is 2. The smallest absolute Gasteiger partial charge is 0.410 e. The summed E-state index contributed by atoms with van der Waals surface area (Å²) < 4.78 is 16.4. The number of oxazole rings is 1. The number of aromatic nitrogens is 1. The molecule has 8 heteroatoms. The van der Waals surface area contributed by atoms with E-state index in [2.05, 4.69) is 10.3 Å². The van der Waals surface area contributed by atoms with Gasteiger partial charge < -0.3 is 24.1 Å². The Kier molecular flexibility index (Phi) is 5.40. The molecule has 0 spiro atoms. The largest absolute Gasteiger partial charge is 0.479 e. The maximum atomic E-state index is 12.1. The van der Waals surface area contributed by atoms with Crippen molar-refractivity contribution in [3.63, 3.8) is 0 Å². The highest BCUT2D eigenvalue weighted by atomic mass is 16.6. The fraction of sp³-hybridized carbons (Fsp3) is 0.526. The molecular weight excluding hydrogens is 348 g/mol. The number of amides is 1. The average molecular weight is 372 g/mol. The van der Waals surface area contributed by atoms with E-state index in [1.54, 1.807) is 23.1 Å². The SMILES string of the molecule is CC(C)(C)OC(=O)N1CCC(Nc2nc3cc(OCC#N)ccc3o2)CC1. The molecule has 1 aliphatic rings. The standard InChI is InChI=1S/C19H24N4O4/c1-19(2,3)27-18(24)23-9-6-13(7-10-23)21-17-22-15-12-14(25-11-8-20)4-5-16(15)26-17/h4-5,12-13H,6-7,9-11H2,1-3H3,(H,21,22). The van der Waals surface area contributed by atoms with E-state index in [4.69, 9.17) is 19.2 Å². The van der Waals surface area contributed by atoms with Gasteiger partial charge in [-0.25, -0.2) is 4.79 Å². The van der Waals surface area contributed by atoms with E-state index in [0.29, 0.717) is 36.0 Å². The number of fused-ring (bicyclic) bond motifs is 1. The molecular formula is C19H24N4O4. The van der Waals surface area contributed by atoms with Gasteiger partial charge in [-0.3, -0.25) is 0 Å². The molecule has 1 saturated heterocycles. The van der Waals surface area contributed by atoms with Crippen LogP contribution in [0, 0.1) is 11.3 Å². The van der Waals surface area contributed by atoms with Crippen molar-refractivity contribution in [2.24, 2.45) is 0 Å². The zero-order valence-corrected chi connectivity index (χ0v) is 15.8. The molecule has 2 heterocycles. The first kappa shape index (κ1) is 18.8. The van der Waals surface area contributed by atoms with E-state index in [-0.39, 0.29) is 18.7 Å². The molecule has 1 aliphatic heterocycles. The maximum absolute atomic E-state index is 12.1. The highest BCUT2D eigenvalue weighted by molar-refractivity contribution is 5.76. The van der Waals surface area contributed by atoms with Crippen LogP contribution in [0.3, 0.4) is 0 Å². The van der Waals surface area contributed by atoms with E-state index in [1.165, 1.54) is 0 Å². The molecule has 1 fully saturated rings. The number of anilines is 1. The number of rotatable bonds is 4. The van der Waals surface area contributed by atoms with Crippen molar-refractivity contribution in [2.45, 2.75) is 45.3 Å². The molecule has 144 valence electrons. The molecule has 0 bridgehead atoms. The Morgan fingerprint density at radius 2 is 2.15 bits per heavy atom. The van der Waals surface area contributed by atoms with E-state index >= 15 is 0 Å². The molecule has 1 aromatic heterocycles. The van der Waals surface area contributed by atoms with Crippen molar-refractivity contribution in [1.82, 2.24) is 9.88 Å².